The van der Waals surface area contributed by atoms with Gasteiger partial charge in [0.2, 0.25) is 0 Å². The second kappa shape index (κ2) is 10.6. The number of hydrogen-bond donors (Lipinski definition) is 0. The number of fused-ring (bicyclic) bond motifs is 6. The van der Waals surface area contributed by atoms with Crippen LogP contribution in [-0.2, 0) is 0 Å². The van der Waals surface area contributed by atoms with Gasteiger partial charge in [-0.15, -0.1) is 82.2 Å². The molecule has 0 aliphatic carbocycles. The minimum Gasteiger partial charge on any atom is -0.147 e. The first-order valence-electron chi connectivity index (χ1n) is 9.46. The fraction of sp³-hybridized carbons (Fsp3) is 0. The first-order valence-corrected chi connectivity index (χ1v) is 9.46. The Morgan fingerprint density at radius 2 is 0.767 bits per heavy atom. The summed E-state index contributed by atoms with van der Waals surface area (Å²) in [5.41, 5.74) is 0. The van der Waals surface area contributed by atoms with Crippen LogP contribution in [0, 0.1) is 12.1 Å². The molecule has 30 heavy (non-hydrogen) atoms. The Kier molecular flexibility index (Phi) is 8.13. The Morgan fingerprint density at radius 1 is 0.367 bits per heavy atom. The van der Waals surface area contributed by atoms with E-state index in [1.54, 1.807) is 0 Å². The number of hydrogen-bond acceptors (Lipinski definition) is 0. The fourth-order valence-electron chi connectivity index (χ4n) is 3.77. The Labute approximate surface area is 221 Å². The van der Waals surface area contributed by atoms with Crippen molar-refractivity contribution in [1.82, 2.24) is 0 Å². The summed E-state index contributed by atoms with van der Waals surface area (Å²) < 4.78 is 0. The van der Waals surface area contributed by atoms with E-state index in [1.165, 1.54) is 43.1 Å². The molecule has 0 aliphatic rings. The minimum atomic E-state index is 0. The molecule has 0 saturated heterocycles. The zero-order chi connectivity index (χ0) is 18.8. The quantitative estimate of drug-likeness (QED) is 0.206. The monoisotopic (exact) mass is 400 g/mol. The summed E-state index contributed by atoms with van der Waals surface area (Å²) in [5, 5.41) is 10.1. The van der Waals surface area contributed by atoms with Crippen LogP contribution in [0.5, 0.6) is 0 Å². The molecule has 0 aromatic heterocycles. The maximum absolute atomic E-state index is 3.24. The van der Waals surface area contributed by atoms with E-state index in [0.29, 0.717) is 0 Å². The van der Waals surface area contributed by atoms with Crippen LogP contribution in [-0.4, -0.2) is 0 Å². The Morgan fingerprint density at radius 3 is 1.23 bits per heavy atom. The van der Waals surface area contributed by atoms with Crippen LogP contribution in [0.15, 0.2) is 109 Å². The molecule has 0 radical (unpaired) electrons. The van der Waals surface area contributed by atoms with Gasteiger partial charge >= 0.3 is 59.1 Å². The van der Waals surface area contributed by atoms with Crippen molar-refractivity contribution < 1.29 is 59.1 Å². The van der Waals surface area contributed by atoms with Crippen molar-refractivity contribution in [3.05, 3.63) is 121 Å². The van der Waals surface area contributed by atoms with Crippen molar-refractivity contribution in [2.75, 3.05) is 0 Å². The topological polar surface area (TPSA) is 0 Å². The zero-order valence-electron chi connectivity index (χ0n) is 17.4. The SMILES string of the molecule is [Na+].[Na+].[c-]1cccc2c1ccc1ccccc12.[c-]1cccc2c1ccc1ccccc12. The third-order valence-corrected chi connectivity index (χ3v) is 5.14. The third-order valence-electron chi connectivity index (χ3n) is 5.14. The third kappa shape index (κ3) is 4.65. The average Bonchev–Trinajstić information content (AvgIpc) is 2.79. The van der Waals surface area contributed by atoms with Crippen molar-refractivity contribution in [2.45, 2.75) is 0 Å². The number of benzene rings is 6. The van der Waals surface area contributed by atoms with Gasteiger partial charge in [-0.05, 0) is 10.8 Å². The summed E-state index contributed by atoms with van der Waals surface area (Å²) in [7, 11) is 0. The van der Waals surface area contributed by atoms with Crippen LogP contribution in [0.2, 0.25) is 0 Å². The molecule has 0 atom stereocenters. The van der Waals surface area contributed by atoms with Crippen LogP contribution in [0.25, 0.3) is 43.1 Å². The van der Waals surface area contributed by atoms with Crippen molar-refractivity contribution >= 4 is 43.1 Å². The maximum Gasteiger partial charge on any atom is 1.00 e. The first-order chi connectivity index (χ1) is 13.9. The van der Waals surface area contributed by atoms with Gasteiger partial charge in [0.15, 0.2) is 0 Å². The molecule has 0 aliphatic heterocycles. The average molecular weight is 400 g/mol. The van der Waals surface area contributed by atoms with Crippen LogP contribution in [0.3, 0.4) is 0 Å². The molecule has 0 amide bonds. The molecular formula is C28H18Na2. The van der Waals surface area contributed by atoms with Gasteiger partial charge in [0.1, 0.15) is 0 Å². The van der Waals surface area contributed by atoms with Crippen LogP contribution in [0.4, 0.5) is 0 Å². The van der Waals surface area contributed by atoms with Gasteiger partial charge in [-0.1, -0.05) is 71.4 Å². The van der Waals surface area contributed by atoms with Crippen LogP contribution >= 0.6 is 0 Å². The molecule has 132 valence electrons. The van der Waals surface area contributed by atoms with Gasteiger partial charge in [-0.25, -0.2) is 0 Å². The second-order valence-corrected chi connectivity index (χ2v) is 6.84. The van der Waals surface area contributed by atoms with Crippen LogP contribution in [0.1, 0.15) is 0 Å². The molecule has 0 spiro atoms. The van der Waals surface area contributed by atoms with E-state index >= 15 is 0 Å². The Bertz CT molecular complexity index is 1200. The molecule has 6 aromatic rings. The maximum atomic E-state index is 3.24. The van der Waals surface area contributed by atoms with Gasteiger partial charge in [0, 0.05) is 0 Å². The van der Waals surface area contributed by atoms with E-state index in [4.69, 9.17) is 0 Å². The summed E-state index contributed by atoms with van der Waals surface area (Å²) >= 11 is 0. The van der Waals surface area contributed by atoms with E-state index in [0.717, 1.165) is 0 Å². The molecule has 2 heteroatoms. The molecule has 0 fully saturated rings. The summed E-state index contributed by atoms with van der Waals surface area (Å²) in [6, 6.07) is 44.2. The molecule has 0 nitrogen and oxygen atoms in total. The Balaban J connectivity index is 0.000000160. The van der Waals surface area contributed by atoms with Crippen molar-refractivity contribution in [1.29, 1.82) is 0 Å². The predicted octanol–water partition coefficient (Wildman–Crippen LogP) is 1.59. The van der Waals surface area contributed by atoms with E-state index in [9.17, 15) is 0 Å². The van der Waals surface area contributed by atoms with Crippen molar-refractivity contribution in [3.63, 3.8) is 0 Å². The van der Waals surface area contributed by atoms with Crippen molar-refractivity contribution in [3.8, 4) is 0 Å². The summed E-state index contributed by atoms with van der Waals surface area (Å²) in [4.78, 5) is 0. The van der Waals surface area contributed by atoms with Gasteiger partial charge in [-0.3, -0.25) is 0 Å². The molecule has 0 N–H and O–H groups in total. The minimum absolute atomic E-state index is 0. The smallest absolute Gasteiger partial charge is 0.147 e. The number of rotatable bonds is 0. The summed E-state index contributed by atoms with van der Waals surface area (Å²) in [6.07, 6.45) is 0. The molecule has 6 aromatic carbocycles. The van der Waals surface area contributed by atoms with Crippen LogP contribution < -0.4 is 59.1 Å². The first kappa shape index (κ1) is 23.0. The van der Waals surface area contributed by atoms with Gasteiger partial charge in [-0.2, -0.15) is 0 Å². The molecule has 0 saturated carbocycles. The van der Waals surface area contributed by atoms with E-state index in [-0.39, 0.29) is 59.1 Å². The molecular weight excluding hydrogens is 382 g/mol. The predicted molar refractivity (Wildman–Crippen MR) is 121 cm³/mol. The summed E-state index contributed by atoms with van der Waals surface area (Å²) in [5.74, 6) is 0. The summed E-state index contributed by atoms with van der Waals surface area (Å²) in [6.45, 7) is 0. The second-order valence-electron chi connectivity index (χ2n) is 6.84. The fourth-order valence-corrected chi connectivity index (χ4v) is 3.77. The van der Waals surface area contributed by atoms with E-state index < -0.39 is 0 Å². The van der Waals surface area contributed by atoms with Gasteiger partial charge < -0.3 is 0 Å². The molecule has 0 unspecified atom stereocenters. The largest absolute Gasteiger partial charge is 1.00 e. The van der Waals surface area contributed by atoms with Crippen molar-refractivity contribution in [2.24, 2.45) is 0 Å². The van der Waals surface area contributed by atoms with Gasteiger partial charge in [0.25, 0.3) is 0 Å². The molecule has 0 bridgehead atoms. The zero-order valence-corrected chi connectivity index (χ0v) is 21.4. The molecule has 6 rings (SSSR count). The van der Waals surface area contributed by atoms with Gasteiger partial charge in [0.05, 0.1) is 0 Å². The normalized spacial score (nSPS) is 10.1. The Hall–Kier alpha value is -1.64. The standard InChI is InChI=1S/2C14H9.2Na/c2*1-3-7-13-11(5-1)9-10-12-6-2-4-8-14(12)13;;/h2*1-5,7-10H;;/q2*-1;2*+1. The molecule has 0 heterocycles. The van der Waals surface area contributed by atoms with E-state index in [1.807, 2.05) is 24.3 Å². The van der Waals surface area contributed by atoms with E-state index in [2.05, 4.69) is 97.1 Å².